The minimum Gasteiger partial charge on any atom is -0.497 e. The van der Waals surface area contributed by atoms with E-state index in [9.17, 15) is 0 Å². The lowest BCUT2D eigenvalue weighted by Gasteiger charge is -2.34. The van der Waals surface area contributed by atoms with Crippen LogP contribution in [0.15, 0.2) is 46.8 Å². The maximum atomic E-state index is 5.53. The van der Waals surface area contributed by atoms with Crippen LogP contribution in [0.3, 0.4) is 0 Å². The van der Waals surface area contributed by atoms with E-state index in [1.54, 1.807) is 7.11 Å². The van der Waals surface area contributed by atoms with Gasteiger partial charge in [-0.15, -0.1) is 11.3 Å². The van der Waals surface area contributed by atoms with Crippen LogP contribution in [0.5, 0.6) is 5.75 Å². The predicted octanol–water partition coefficient (Wildman–Crippen LogP) is 2.93. The fourth-order valence-electron chi connectivity index (χ4n) is 3.49. The topological polar surface area (TPSA) is 58.1 Å². The van der Waals surface area contributed by atoms with Crippen molar-refractivity contribution in [3.8, 4) is 5.75 Å². The molecule has 158 valence electrons. The van der Waals surface area contributed by atoms with Crippen LogP contribution in [0, 0.1) is 0 Å². The number of guanidine groups is 1. The Morgan fingerprint density at radius 3 is 2.66 bits per heavy atom. The smallest absolute Gasteiger partial charge is 0.191 e. The number of aryl methyl sites for hydroxylation is 1. The molecule has 7 heteroatoms. The number of hydrogen-bond donors (Lipinski definition) is 2. The van der Waals surface area contributed by atoms with Crippen LogP contribution in [0.1, 0.15) is 22.9 Å². The number of hydrogen-bond acceptors (Lipinski definition) is 5. The molecule has 3 rings (SSSR count). The second-order valence-electron chi connectivity index (χ2n) is 7.01. The lowest BCUT2D eigenvalue weighted by atomic mass is 10.1. The van der Waals surface area contributed by atoms with Crippen LogP contribution >= 0.6 is 11.3 Å². The molecule has 1 aromatic carbocycles. The summed E-state index contributed by atoms with van der Waals surface area (Å²) in [6.07, 6.45) is 2.07. The molecule has 2 aromatic rings. The molecule has 1 fully saturated rings. The molecule has 2 N–H and O–H groups in total. The van der Waals surface area contributed by atoms with Crippen molar-refractivity contribution in [2.24, 2.45) is 4.99 Å². The Hall–Kier alpha value is -2.09. The van der Waals surface area contributed by atoms with Crippen molar-refractivity contribution in [1.82, 2.24) is 15.5 Å². The number of thiophene rings is 1. The summed E-state index contributed by atoms with van der Waals surface area (Å²) >= 11 is 1.81. The van der Waals surface area contributed by atoms with Gasteiger partial charge in [0.15, 0.2) is 5.96 Å². The monoisotopic (exact) mass is 416 g/mol. The molecule has 1 saturated heterocycles. The van der Waals surface area contributed by atoms with Crippen molar-refractivity contribution in [2.75, 3.05) is 53.6 Å². The first-order chi connectivity index (χ1) is 14.3. The zero-order valence-corrected chi connectivity index (χ0v) is 18.2. The van der Waals surface area contributed by atoms with Crippen molar-refractivity contribution in [2.45, 2.75) is 18.9 Å². The molecule has 0 spiro atoms. The maximum absolute atomic E-state index is 5.53. The third-order valence-corrected chi connectivity index (χ3v) is 6.11. The van der Waals surface area contributed by atoms with Gasteiger partial charge in [0.05, 0.1) is 26.4 Å². The van der Waals surface area contributed by atoms with Gasteiger partial charge in [0.2, 0.25) is 0 Å². The Bertz CT molecular complexity index is 728. The Balaban J connectivity index is 1.44. The molecule has 1 aliphatic heterocycles. The van der Waals surface area contributed by atoms with E-state index in [0.717, 1.165) is 63.9 Å². The third kappa shape index (κ3) is 6.73. The van der Waals surface area contributed by atoms with Gasteiger partial charge in [0, 0.05) is 38.1 Å². The molecule has 1 atom stereocenters. The summed E-state index contributed by atoms with van der Waals surface area (Å²) in [7, 11) is 3.52. The number of ether oxygens (including phenoxy) is 2. The molecular weight excluding hydrogens is 384 g/mol. The Labute approximate surface area is 177 Å². The first-order valence-electron chi connectivity index (χ1n) is 10.2. The number of nitrogens with one attached hydrogen (secondary N) is 2. The fourth-order valence-corrected chi connectivity index (χ4v) is 4.35. The Morgan fingerprint density at radius 1 is 1.21 bits per heavy atom. The number of benzene rings is 1. The van der Waals surface area contributed by atoms with Gasteiger partial charge >= 0.3 is 0 Å². The lowest BCUT2D eigenvalue weighted by molar-refractivity contribution is 0.0177. The molecule has 0 saturated carbocycles. The molecule has 0 amide bonds. The SMILES string of the molecule is CN=C(NCCCc1ccc(OC)cc1)NCC(c1cccs1)N1CCOCC1. The molecule has 1 aliphatic rings. The van der Waals surface area contributed by atoms with Crippen LogP contribution in [0.4, 0.5) is 0 Å². The predicted molar refractivity (Wildman–Crippen MR) is 120 cm³/mol. The molecule has 1 unspecified atom stereocenters. The molecule has 0 bridgehead atoms. The van der Waals surface area contributed by atoms with Gasteiger partial charge in [-0.05, 0) is 42.0 Å². The largest absolute Gasteiger partial charge is 0.497 e. The van der Waals surface area contributed by atoms with Gasteiger partial charge in [0.1, 0.15) is 5.75 Å². The minimum atomic E-state index is 0.344. The standard InChI is InChI=1S/C22H32N4O2S/c1-23-22(24-11-3-5-18-7-9-19(27-2)10-8-18)25-17-20(21-6-4-16-29-21)26-12-14-28-15-13-26/h4,6-10,16,20H,3,5,11-15,17H2,1-2H3,(H2,23,24,25). The second kappa shape index (κ2) is 11.8. The highest BCUT2D eigenvalue weighted by atomic mass is 32.1. The number of morpholine rings is 1. The summed E-state index contributed by atoms with van der Waals surface area (Å²) in [5, 5.41) is 9.10. The first kappa shape index (κ1) is 21.6. The highest BCUT2D eigenvalue weighted by Gasteiger charge is 2.23. The van der Waals surface area contributed by atoms with E-state index in [4.69, 9.17) is 9.47 Å². The van der Waals surface area contributed by atoms with Crippen molar-refractivity contribution in [3.05, 3.63) is 52.2 Å². The third-order valence-electron chi connectivity index (χ3n) is 5.14. The van der Waals surface area contributed by atoms with E-state index in [1.165, 1.54) is 10.4 Å². The second-order valence-corrected chi connectivity index (χ2v) is 7.99. The summed E-state index contributed by atoms with van der Waals surface area (Å²) in [4.78, 5) is 8.27. The zero-order chi connectivity index (χ0) is 20.3. The van der Waals surface area contributed by atoms with Crippen LogP contribution < -0.4 is 15.4 Å². The van der Waals surface area contributed by atoms with E-state index in [2.05, 4.69) is 50.2 Å². The van der Waals surface area contributed by atoms with E-state index >= 15 is 0 Å². The van der Waals surface area contributed by atoms with Crippen molar-refractivity contribution in [3.63, 3.8) is 0 Å². The summed E-state index contributed by atoms with van der Waals surface area (Å²) in [6.45, 7) is 5.27. The molecule has 2 heterocycles. The minimum absolute atomic E-state index is 0.344. The normalized spacial score (nSPS) is 16.4. The van der Waals surface area contributed by atoms with E-state index in [-0.39, 0.29) is 0 Å². The van der Waals surface area contributed by atoms with E-state index in [1.807, 2.05) is 30.5 Å². The highest BCUT2D eigenvalue weighted by Crippen LogP contribution is 2.25. The van der Waals surface area contributed by atoms with Crippen LogP contribution in [-0.4, -0.2) is 64.4 Å². The molecular formula is C22H32N4O2S. The van der Waals surface area contributed by atoms with Gasteiger partial charge in [-0.3, -0.25) is 9.89 Å². The summed E-state index contributed by atoms with van der Waals surface area (Å²) in [5.41, 5.74) is 1.32. The highest BCUT2D eigenvalue weighted by molar-refractivity contribution is 7.10. The van der Waals surface area contributed by atoms with Crippen LogP contribution in [0.2, 0.25) is 0 Å². The fraction of sp³-hybridized carbons (Fsp3) is 0.500. The van der Waals surface area contributed by atoms with Gasteiger partial charge in [0.25, 0.3) is 0 Å². The van der Waals surface area contributed by atoms with Crippen molar-refractivity contribution >= 4 is 17.3 Å². The van der Waals surface area contributed by atoms with Crippen molar-refractivity contribution in [1.29, 1.82) is 0 Å². The molecule has 0 aliphatic carbocycles. The molecule has 29 heavy (non-hydrogen) atoms. The van der Waals surface area contributed by atoms with E-state index < -0.39 is 0 Å². The zero-order valence-electron chi connectivity index (χ0n) is 17.4. The van der Waals surface area contributed by atoms with Gasteiger partial charge in [-0.25, -0.2) is 0 Å². The summed E-state index contributed by atoms with van der Waals surface area (Å²) in [6, 6.07) is 13.0. The van der Waals surface area contributed by atoms with E-state index in [0.29, 0.717) is 6.04 Å². The number of aliphatic imine (C=N–C) groups is 1. The quantitative estimate of drug-likeness (QED) is 0.374. The Morgan fingerprint density at radius 2 is 2.00 bits per heavy atom. The van der Waals surface area contributed by atoms with Crippen LogP contribution in [0.25, 0.3) is 0 Å². The van der Waals surface area contributed by atoms with Crippen molar-refractivity contribution < 1.29 is 9.47 Å². The summed E-state index contributed by atoms with van der Waals surface area (Å²) < 4.78 is 10.7. The average Bonchev–Trinajstić information content (AvgIpc) is 3.31. The van der Waals surface area contributed by atoms with Gasteiger partial charge in [-0.1, -0.05) is 18.2 Å². The lowest BCUT2D eigenvalue weighted by Crippen LogP contribution is -2.46. The first-order valence-corrected chi connectivity index (χ1v) is 11.1. The maximum Gasteiger partial charge on any atom is 0.191 e. The molecule has 1 aromatic heterocycles. The number of rotatable bonds is 9. The number of nitrogens with zero attached hydrogens (tertiary/aromatic N) is 2. The molecule has 6 nitrogen and oxygen atoms in total. The van der Waals surface area contributed by atoms with Gasteiger partial charge in [-0.2, -0.15) is 0 Å². The van der Waals surface area contributed by atoms with Crippen LogP contribution in [-0.2, 0) is 11.2 Å². The number of methoxy groups -OCH3 is 1. The van der Waals surface area contributed by atoms with Gasteiger partial charge < -0.3 is 20.1 Å². The Kier molecular flexibility index (Phi) is 8.80. The summed E-state index contributed by atoms with van der Waals surface area (Å²) in [5.74, 6) is 1.76. The average molecular weight is 417 g/mol. The molecule has 0 radical (unpaired) electrons.